The van der Waals surface area contributed by atoms with Gasteiger partial charge in [-0.15, -0.1) is 0 Å². The molecule has 0 aliphatic heterocycles. The van der Waals surface area contributed by atoms with Crippen molar-refractivity contribution in [3.63, 3.8) is 0 Å². The van der Waals surface area contributed by atoms with Crippen LogP contribution in [-0.4, -0.2) is 21.7 Å². The summed E-state index contributed by atoms with van der Waals surface area (Å²) < 4.78 is 0. The lowest BCUT2D eigenvalue weighted by molar-refractivity contribution is 0.101. The number of hydrogen-bond acceptors (Lipinski definition) is 5. The number of carbonyl (C=O) groups is 2. The molecule has 0 spiro atoms. The Bertz CT molecular complexity index is 941. The topological polar surface area (TPSA) is 84.0 Å². The van der Waals surface area contributed by atoms with Crippen LogP contribution in [0.4, 0.5) is 17.3 Å². The highest BCUT2D eigenvalue weighted by molar-refractivity contribution is 6.30. The van der Waals surface area contributed by atoms with Crippen LogP contribution in [0.25, 0.3) is 0 Å². The van der Waals surface area contributed by atoms with Crippen molar-refractivity contribution in [2.75, 3.05) is 10.6 Å². The molecule has 1 amide bonds. The van der Waals surface area contributed by atoms with E-state index in [1.165, 1.54) is 19.3 Å². The second-order valence-electron chi connectivity index (χ2n) is 5.52. The first-order chi connectivity index (χ1) is 12.5. The zero-order valence-electron chi connectivity index (χ0n) is 13.9. The Kier molecular flexibility index (Phi) is 5.24. The van der Waals surface area contributed by atoms with E-state index in [0.29, 0.717) is 27.8 Å². The minimum Gasteiger partial charge on any atom is -0.324 e. The fourth-order valence-corrected chi connectivity index (χ4v) is 2.39. The van der Waals surface area contributed by atoms with Gasteiger partial charge in [-0.25, -0.2) is 9.97 Å². The Morgan fingerprint density at radius 1 is 0.923 bits per heavy atom. The molecule has 3 rings (SSSR count). The number of nitrogens with one attached hydrogen (secondary N) is 2. The van der Waals surface area contributed by atoms with Gasteiger partial charge in [-0.2, -0.15) is 0 Å². The van der Waals surface area contributed by atoms with Crippen LogP contribution in [0.5, 0.6) is 0 Å². The predicted molar refractivity (Wildman–Crippen MR) is 101 cm³/mol. The third-order valence-corrected chi connectivity index (χ3v) is 3.78. The maximum absolute atomic E-state index is 12.2. The monoisotopic (exact) mass is 366 g/mol. The van der Waals surface area contributed by atoms with Crippen molar-refractivity contribution < 1.29 is 9.59 Å². The van der Waals surface area contributed by atoms with E-state index in [-0.39, 0.29) is 11.7 Å². The van der Waals surface area contributed by atoms with Gasteiger partial charge in [-0.1, -0.05) is 17.7 Å². The summed E-state index contributed by atoms with van der Waals surface area (Å²) in [4.78, 5) is 31.8. The van der Waals surface area contributed by atoms with Gasteiger partial charge in [-0.3, -0.25) is 9.59 Å². The molecule has 26 heavy (non-hydrogen) atoms. The minimum absolute atomic E-state index is 0.00266. The molecule has 7 heteroatoms. The average molecular weight is 367 g/mol. The van der Waals surface area contributed by atoms with E-state index in [1.807, 2.05) is 0 Å². The van der Waals surface area contributed by atoms with Crippen LogP contribution >= 0.6 is 11.6 Å². The molecular weight excluding hydrogens is 352 g/mol. The summed E-state index contributed by atoms with van der Waals surface area (Å²) in [5, 5.41) is 6.28. The molecule has 0 saturated carbocycles. The van der Waals surface area contributed by atoms with Crippen LogP contribution in [0.2, 0.25) is 5.02 Å². The third-order valence-electron chi connectivity index (χ3n) is 3.54. The largest absolute Gasteiger partial charge is 0.324 e. The first kappa shape index (κ1) is 17.6. The van der Waals surface area contributed by atoms with Gasteiger partial charge in [0.1, 0.15) is 0 Å². The van der Waals surface area contributed by atoms with Gasteiger partial charge in [-0.05, 0) is 49.4 Å². The second-order valence-corrected chi connectivity index (χ2v) is 5.95. The summed E-state index contributed by atoms with van der Waals surface area (Å²) in [5.41, 5.74) is 2.29. The molecule has 3 aromatic rings. The third kappa shape index (κ3) is 4.43. The van der Waals surface area contributed by atoms with Crippen molar-refractivity contribution in [3.8, 4) is 0 Å². The number of benzene rings is 2. The van der Waals surface area contributed by atoms with Gasteiger partial charge in [0.25, 0.3) is 5.91 Å². The van der Waals surface area contributed by atoms with E-state index >= 15 is 0 Å². The summed E-state index contributed by atoms with van der Waals surface area (Å²) >= 11 is 5.90. The van der Waals surface area contributed by atoms with Crippen LogP contribution in [0, 0.1) is 0 Å². The van der Waals surface area contributed by atoms with E-state index in [2.05, 4.69) is 20.6 Å². The molecule has 0 saturated heterocycles. The lowest BCUT2D eigenvalue weighted by Crippen LogP contribution is -2.13. The zero-order valence-corrected chi connectivity index (χ0v) is 14.6. The molecule has 0 aliphatic rings. The average Bonchev–Trinajstić information content (AvgIpc) is 2.63. The first-order valence-electron chi connectivity index (χ1n) is 7.78. The van der Waals surface area contributed by atoms with Gasteiger partial charge >= 0.3 is 0 Å². The number of anilines is 3. The molecule has 2 N–H and O–H groups in total. The number of aromatic nitrogens is 2. The highest BCUT2D eigenvalue weighted by atomic mass is 35.5. The second kappa shape index (κ2) is 7.76. The van der Waals surface area contributed by atoms with Crippen molar-refractivity contribution in [1.82, 2.24) is 9.97 Å². The standard InChI is InChI=1S/C19H15ClN4O2/c1-12(25)13-5-7-16(8-6-13)24-19-21-10-14(11-22-19)18(26)23-17-4-2-3-15(20)9-17/h2-11H,1H3,(H,23,26)(H,21,22,24). The van der Waals surface area contributed by atoms with Crippen molar-refractivity contribution in [1.29, 1.82) is 0 Å². The van der Waals surface area contributed by atoms with Crippen LogP contribution in [0.1, 0.15) is 27.6 Å². The molecule has 6 nitrogen and oxygen atoms in total. The van der Waals surface area contributed by atoms with Gasteiger partial charge in [0.15, 0.2) is 5.78 Å². The van der Waals surface area contributed by atoms with Gasteiger partial charge in [0.05, 0.1) is 5.56 Å². The number of halogens is 1. The van der Waals surface area contributed by atoms with E-state index < -0.39 is 0 Å². The smallest absolute Gasteiger partial charge is 0.258 e. The SMILES string of the molecule is CC(=O)c1ccc(Nc2ncc(C(=O)Nc3cccc(Cl)c3)cn2)cc1. The molecule has 2 aromatic carbocycles. The summed E-state index contributed by atoms with van der Waals surface area (Å²) in [6.45, 7) is 1.51. The minimum atomic E-state index is -0.329. The van der Waals surface area contributed by atoms with Crippen molar-refractivity contribution >= 4 is 40.6 Å². The fourth-order valence-electron chi connectivity index (χ4n) is 2.20. The molecule has 0 aliphatic carbocycles. The van der Waals surface area contributed by atoms with E-state index in [4.69, 9.17) is 11.6 Å². The molecule has 130 valence electrons. The number of amides is 1. The van der Waals surface area contributed by atoms with E-state index in [9.17, 15) is 9.59 Å². The Morgan fingerprint density at radius 3 is 2.23 bits per heavy atom. The van der Waals surface area contributed by atoms with Crippen molar-refractivity contribution in [3.05, 3.63) is 77.1 Å². The van der Waals surface area contributed by atoms with Crippen LogP contribution in [0.3, 0.4) is 0 Å². The Labute approximate surface area is 155 Å². The lowest BCUT2D eigenvalue weighted by atomic mass is 10.1. The molecule has 0 unspecified atom stereocenters. The van der Waals surface area contributed by atoms with Crippen LogP contribution in [0.15, 0.2) is 60.9 Å². The maximum atomic E-state index is 12.2. The molecular formula is C19H15ClN4O2. The zero-order chi connectivity index (χ0) is 18.5. The summed E-state index contributed by atoms with van der Waals surface area (Å²) in [6.07, 6.45) is 2.86. The normalized spacial score (nSPS) is 10.2. The highest BCUT2D eigenvalue weighted by Gasteiger charge is 2.08. The van der Waals surface area contributed by atoms with E-state index in [0.717, 1.165) is 5.69 Å². The number of Topliss-reactive ketones (excluding diaryl/α,β-unsaturated/α-hetero) is 1. The first-order valence-corrected chi connectivity index (χ1v) is 8.16. The Morgan fingerprint density at radius 2 is 1.62 bits per heavy atom. The molecule has 0 bridgehead atoms. The molecule has 1 heterocycles. The molecule has 1 aromatic heterocycles. The number of carbonyl (C=O) groups excluding carboxylic acids is 2. The molecule has 0 atom stereocenters. The quantitative estimate of drug-likeness (QED) is 0.656. The Balaban J connectivity index is 1.66. The van der Waals surface area contributed by atoms with Gasteiger partial charge in [0, 0.05) is 34.4 Å². The number of hydrogen-bond donors (Lipinski definition) is 2. The van der Waals surface area contributed by atoms with Gasteiger partial charge in [0.2, 0.25) is 5.95 Å². The van der Waals surface area contributed by atoms with E-state index in [1.54, 1.807) is 48.5 Å². The highest BCUT2D eigenvalue weighted by Crippen LogP contribution is 2.17. The van der Waals surface area contributed by atoms with Gasteiger partial charge < -0.3 is 10.6 Å². The Hall–Kier alpha value is -3.25. The van der Waals surface area contributed by atoms with Crippen LogP contribution < -0.4 is 10.6 Å². The number of nitrogens with zero attached hydrogens (tertiary/aromatic N) is 2. The lowest BCUT2D eigenvalue weighted by Gasteiger charge is -2.07. The molecule has 0 fully saturated rings. The predicted octanol–water partition coefficient (Wildman–Crippen LogP) is 4.33. The fraction of sp³-hybridized carbons (Fsp3) is 0.0526. The maximum Gasteiger partial charge on any atom is 0.258 e. The van der Waals surface area contributed by atoms with Crippen molar-refractivity contribution in [2.24, 2.45) is 0 Å². The summed E-state index contributed by atoms with van der Waals surface area (Å²) in [6, 6.07) is 13.8. The summed E-state index contributed by atoms with van der Waals surface area (Å²) in [5.74, 6) is 0.0207. The summed E-state index contributed by atoms with van der Waals surface area (Å²) in [7, 11) is 0. The number of rotatable bonds is 5. The number of ketones is 1. The van der Waals surface area contributed by atoms with Crippen molar-refractivity contribution in [2.45, 2.75) is 6.92 Å². The molecule has 0 radical (unpaired) electrons. The van der Waals surface area contributed by atoms with Crippen LogP contribution in [-0.2, 0) is 0 Å².